The fourth-order valence-corrected chi connectivity index (χ4v) is 1.17. The van der Waals surface area contributed by atoms with Crippen LogP contribution in [0.25, 0.3) is 0 Å². The van der Waals surface area contributed by atoms with E-state index in [0.717, 1.165) is 5.56 Å². The predicted octanol–water partition coefficient (Wildman–Crippen LogP) is 1.39. The number of oxime groups is 1. The molecule has 1 unspecified atom stereocenters. The molecule has 0 saturated carbocycles. The lowest BCUT2D eigenvalue weighted by atomic mass is 10.1. The van der Waals surface area contributed by atoms with Crippen LogP contribution in [0.1, 0.15) is 19.4 Å². The van der Waals surface area contributed by atoms with E-state index in [0.29, 0.717) is 11.5 Å². The van der Waals surface area contributed by atoms with Crippen molar-refractivity contribution in [3.63, 3.8) is 0 Å². The maximum atomic E-state index is 10.8. The molecule has 0 radical (unpaired) electrons. The Bertz CT molecular complexity index is 430. The second-order valence-electron chi connectivity index (χ2n) is 3.83. The van der Waals surface area contributed by atoms with Crippen LogP contribution in [0.2, 0.25) is 0 Å². The number of nitrogens with two attached hydrogens (primary N) is 1. The first-order valence-corrected chi connectivity index (χ1v) is 5.25. The molecule has 17 heavy (non-hydrogen) atoms. The average molecular weight is 236 g/mol. The van der Waals surface area contributed by atoms with Crippen molar-refractivity contribution in [3.05, 3.63) is 29.8 Å². The zero-order valence-corrected chi connectivity index (χ0v) is 9.88. The molecule has 0 aliphatic rings. The van der Waals surface area contributed by atoms with Gasteiger partial charge in [-0.2, -0.15) is 0 Å². The van der Waals surface area contributed by atoms with E-state index in [1.807, 2.05) is 0 Å². The fourth-order valence-electron chi connectivity index (χ4n) is 1.17. The van der Waals surface area contributed by atoms with E-state index in [-0.39, 0.29) is 12.5 Å². The van der Waals surface area contributed by atoms with Gasteiger partial charge in [-0.25, -0.2) is 0 Å². The standard InChI is InChI=1S/C12H16N2O3/c1-8(12(13)15)7-17-11-5-3-4-10(6-11)9(2)14-16/h3-6,8,16H,7H2,1-2H3,(H2,13,15)/b14-9+. The van der Waals surface area contributed by atoms with Crippen LogP contribution in [0.15, 0.2) is 29.4 Å². The molecule has 0 heterocycles. The van der Waals surface area contributed by atoms with Crippen LogP contribution in [0.4, 0.5) is 0 Å². The van der Waals surface area contributed by atoms with Gasteiger partial charge in [0.2, 0.25) is 5.91 Å². The zero-order valence-electron chi connectivity index (χ0n) is 9.88. The number of benzene rings is 1. The van der Waals surface area contributed by atoms with Gasteiger partial charge in [-0.05, 0) is 19.1 Å². The van der Waals surface area contributed by atoms with Crippen LogP contribution in [0.5, 0.6) is 5.75 Å². The smallest absolute Gasteiger partial charge is 0.223 e. The van der Waals surface area contributed by atoms with Crippen molar-refractivity contribution < 1.29 is 14.7 Å². The Morgan fingerprint density at radius 1 is 1.59 bits per heavy atom. The Morgan fingerprint density at radius 2 is 2.29 bits per heavy atom. The van der Waals surface area contributed by atoms with Gasteiger partial charge in [0, 0.05) is 5.56 Å². The quantitative estimate of drug-likeness (QED) is 0.460. The molecule has 3 N–H and O–H groups in total. The molecule has 1 aromatic carbocycles. The van der Waals surface area contributed by atoms with Gasteiger partial charge < -0.3 is 15.7 Å². The van der Waals surface area contributed by atoms with Gasteiger partial charge in [0.05, 0.1) is 18.2 Å². The first-order chi connectivity index (χ1) is 8.04. The van der Waals surface area contributed by atoms with Crippen molar-refractivity contribution in [2.75, 3.05) is 6.61 Å². The summed E-state index contributed by atoms with van der Waals surface area (Å²) in [6, 6.07) is 7.10. The van der Waals surface area contributed by atoms with Gasteiger partial charge in [0.1, 0.15) is 5.75 Å². The molecule has 0 bridgehead atoms. The van der Waals surface area contributed by atoms with Crippen LogP contribution >= 0.6 is 0 Å². The maximum Gasteiger partial charge on any atom is 0.223 e. The lowest BCUT2D eigenvalue weighted by molar-refractivity contribution is -0.122. The third-order valence-corrected chi connectivity index (χ3v) is 2.39. The molecule has 1 rings (SSSR count). The topological polar surface area (TPSA) is 84.9 Å². The second-order valence-corrected chi connectivity index (χ2v) is 3.83. The van der Waals surface area contributed by atoms with Crippen molar-refractivity contribution >= 4 is 11.6 Å². The van der Waals surface area contributed by atoms with E-state index in [2.05, 4.69) is 5.16 Å². The van der Waals surface area contributed by atoms with Gasteiger partial charge in [-0.1, -0.05) is 24.2 Å². The molecule has 1 atom stereocenters. The SMILES string of the molecule is C/C(=N\O)c1cccc(OCC(C)C(N)=O)c1. The summed E-state index contributed by atoms with van der Waals surface area (Å²) in [5.41, 5.74) is 6.39. The minimum atomic E-state index is -0.394. The number of rotatable bonds is 5. The number of amides is 1. The van der Waals surface area contributed by atoms with Gasteiger partial charge >= 0.3 is 0 Å². The molecule has 0 aliphatic heterocycles. The van der Waals surface area contributed by atoms with Gasteiger partial charge in [-0.3, -0.25) is 4.79 Å². The van der Waals surface area contributed by atoms with Crippen molar-refractivity contribution in [1.82, 2.24) is 0 Å². The summed E-state index contributed by atoms with van der Waals surface area (Å²) in [5.74, 6) is -0.126. The number of hydrogen-bond donors (Lipinski definition) is 2. The van der Waals surface area contributed by atoms with Gasteiger partial charge in [0.25, 0.3) is 0 Å². The van der Waals surface area contributed by atoms with E-state index < -0.39 is 5.91 Å². The van der Waals surface area contributed by atoms with Crippen molar-refractivity contribution in [3.8, 4) is 5.75 Å². The highest BCUT2D eigenvalue weighted by atomic mass is 16.5. The highest BCUT2D eigenvalue weighted by Gasteiger charge is 2.09. The third-order valence-electron chi connectivity index (χ3n) is 2.39. The highest BCUT2D eigenvalue weighted by Crippen LogP contribution is 2.15. The van der Waals surface area contributed by atoms with E-state index in [1.54, 1.807) is 38.1 Å². The first kappa shape index (κ1) is 13.0. The molecule has 1 amide bonds. The van der Waals surface area contributed by atoms with E-state index >= 15 is 0 Å². The van der Waals surface area contributed by atoms with Crippen LogP contribution in [-0.2, 0) is 4.79 Å². The number of ether oxygens (including phenoxy) is 1. The number of nitrogens with zero attached hydrogens (tertiary/aromatic N) is 1. The predicted molar refractivity (Wildman–Crippen MR) is 64.3 cm³/mol. The maximum absolute atomic E-state index is 10.8. The minimum absolute atomic E-state index is 0.230. The minimum Gasteiger partial charge on any atom is -0.493 e. The molecule has 92 valence electrons. The summed E-state index contributed by atoms with van der Waals surface area (Å²) in [6.07, 6.45) is 0. The Labute approximate surface area is 99.9 Å². The Morgan fingerprint density at radius 3 is 2.88 bits per heavy atom. The van der Waals surface area contributed by atoms with Crippen molar-refractivity contribution in [1.29, 1.82) is 0 Å². The monoisotopic (exact) mass is 236 g/mol. The van der Waals surface area contributed by atoms with Crippen molar-refractivity contribution in [2.24, 2.45) is 16.8 Å². The summed E-state index contributed by atoms with van der Waals surface area (Å²) >= 11 is 0. The third kappa shape index (κ3) is 3.79. The highest BCUT2D eigenvalue weighted by molar-refractivity contribution is 5.98. The molecule has 5 nitrogen and oxygen atoms in total. The Balaban J connectivity index is 2.70. The molecule has 0 aliphatic carbocycles. The molecular formula is C12H16N2O3. The fraction of sp³-hybridized carbons (Fsp3) is 0.333. The Hall–Kier alpha value is -2.04. The lowest BCUT2D eigenvalue weighted by Gasteiger charge is -2.10. The molecule has 0 fully saturated rings. The number of carbonyl (C=O) groups is 1. The zero-order chi connectivity index (χ0) is 12.8. The van der Waals surface area contributed by atoms with Crippen molar-refractivity contribution in [2.45, 2.75) is 13.8 Å². The molecule has 5 heteroatoms. The van der Waals surface area contributed by atoms with E-state index in [4.69, 9.17) is 15.7 Å². The number of primary amides is 1. The first-order valence-electron chi connectivity index (χ1n) is 5.25. The summed E-state index contributed by atoms with van der Waals surface area (Å²) in [4.78, 5) is 10.8. The average Bonchev–Trinajstić information content (AvgIpc) is 2.35. The summed E-state index contributed by atoms with van der Waals surface area (Å²) in [5, 5.41) is 11.8. The summed E-state index contributed by atoms with van der Waals surface area (Å²) < 4.78 is 5.43. The number of hydrogen-bond acceptors (Lipinski definition) is 4. The van der Waals surface area contributed by atoms with E-state index in [1.165, 1.54) is 0 Å². The molecular weight excluding hydrogens is 220 g/mol. The van der Waals surface area contributed by atoms with Crippen LogP contribution < -0.4 is 10.5 Å². The summed E-state index contributed by atoms with van der Waals surface area (Å²) in [7, 11) is 0. The second kappa shape index (κ2) is 5.89. The molecule has 0 saturated heterocycles. The molecule has 1 aromatic rings. The van der Waals surface area contributed by atoms with Crippen LogP contribution in [-0.4, -0.2) is 23.4 Å². The number of carbonyl (C=O) groups excluding carboxylic acids is 1. The van der Waals surface area contributed by atoms with E-state index in [9.17, 15) is 4.79 Å². The molecule has 0 aromatic heterocycles. The van der Waals surface area contributed by atoms with Crippen LogP contribution in [0, 0.1) is 5.92 Å². The molecule has 0 spiro atoms. The van der Waals surface area contributed by atoms with Gasteiger partial charge in [0.15, 0.2) is 0 Å². The lowest BCUT2D eigenvalue weighted by Crippen LogP contribution is -2.25. The largest absolute Gasteiger partial charge is 0.493 e. The normalized spacial score (nSPS) is 13.2. The van der Waals surface area contributed by atoms with Gasteiger partial charge in [-0.15, -0.1) is 0 Å². The Kier molecular flexibility index (Phi) is 4.51. The summed E-state index contributed by atoms with van der Waals surface area (Å²) in [6.45, 7) is 3.62. The van der Waals surface area contributed by atoms with Crippen LogP contribution in [0.3, 0.4) is 0 Å².